The average molecular weight is 260 g/mol. The Balaban J connectivity index is 2.09. The van der Waals surface area contributed by atoms with Crippen molar-refractivity contribution >= 4 is 11.6 Å². The molecular weight excluding hydrogens is 246 g/mol. The van der Waals surface area contributed by atoms with Gasteiger partial charge in [-0.2, -0.15) is 0 Å². The van der Waals surface area contributed by atoms with Crippen molar-refractivity contribution in [3.63, 3.8) is 0 Å². The summed E-state index contributed by atoms with van der Waals surface area (Å²) >= 11 is 5.97. The molecule has 1 heterocycles. The zero-order chi connectivity index (χ0) is 12.5. The van der Waals surface area contributed by atoms with Crippen LogP contribution in [0.1, 0.15) is 22.7 Å². The van der Waals surface area contributed by atoms with Gasteiger partial charge in [0, 0.05) is 6.54 Å². The van der Waals surface area contributed by atoms with Crippen molar-refractivity contribution in [3.8, 4) is 5.75 Å². The summed E-state index contributed by atoms with van der Waals surface area (Å²) < 4.78 is 0. The Bertz CT molecular complexity index is 568. The molecule has 0 saturated heterocycles. The molecule has 3 rings (SSSR count). The third-order valence-electron chi connectivity index (χ3n) is 3.40. The molecule has 2 nitrogen and oxygen atoms in total. The molecule has 0 radical (unpaired) electrons. The highest BCUT2D eigenvalue weighted by Gasteiger charge is 2.22. The minimum Gasteiger partial charge on any atom is -0.506 e. The summed E-state index contributed by atoms with van der Waals surface area (Å²) in [4.78, 5) is 0. The first kappa shape index (κ1) is 11.6. The van der Waals surface area contributed by atoms with Crippen molar-refractivity contribution in [2.24, 2.45) is 0 Å². The number of phenols is 1. The maximum absolute atomic E-state index is 9.78. The lowest BCUT2D eigenvalue weighted by atomic mass is 9.90. The van der Waals surface area contributed by atoms with Crippen molar-refractivity contribution in [1.82, 2.24) is 5.32 Å². The molecule has 1 aliphatic heterocycles. The SMILES string of the molecule is Oc1cc2c(cc1Cl)CCN[C@@H]2c1ccccc1. The molecule has 0 saturated carbocycles. The van der Waals surface area contributed by atoms with E-state index in [1.165, 1.54) is 11.1 Å². The van der Waals surface area contributed by atoms with Gasteiger partial charge in [0.15, 0.2) is 0 Å². The minimum atomic E-state index is 0.137. The van der Waals surface area contributed by atoms with Crippen LogP contribution >= 0.6 is 11.6 Å². The van der Waals surface area contributed by atoms with Crippen molar-refractivity contribution in [1.29, 1.82) is 0 Å². The Morgan fingerprint density at radius 3 is 2.72 bits per heavy atom. The van der Waals surface area contributed by atoms with Gasteiger partial charge in [-0.05, 0) is 35.2 Å². The number of benzene rings is 2. The van der Waals surface area contributed by atoms with Gasteiger partial charge >= 0.3 is 0 Å². The van der Waals surface area contributed by atoms with Crippen LogP contribution in [0.2, 0.25) is 5.02 Å². The number of fused-ring (bicyclic) bond motifs is 1. The molecule has 1 atom stereocenters. The third kappa shape index (κ3) is 1.98. The smallest absolute Gasteiger partial charge is 0.134 e. The number of hydrogen-bond donors (Lipinski definition) is 2. The predicted octanol–water partition coefficient (Wildman–Crippen LogP) is 3.28. The standard InChI is InChI=1S/C15H14ClNO/c16-13-8-11-6-7-17-15(12(11)9-14(13)18)10-4-2-1-3-5-10/h1-5,8-9,15,17-18H,6-7H2/t15-/m1/s1. The molecule has 2 aromatic carbocycles. The van der Waals surface area contributed by atoms with E-state index >= 15 is 0 Å². The lowest BCUT2D eigenvalue weighted by Crippen LogP contribution is -2.30. The zero-order valence-corrected chi connectivity index (χ0v) is 10.6. The van der Waals surface area contributed by atoms with E-state index in [0.29, 0.717) is 5.02 Å². The molecule has 0 spiro atoms. The maximum atomic E-state index is 9.78. The average Bonchev–Trinajstić information content (AvgIpc) is 2.40. The summed E-state index contributed by atoms with van der Waals surface area (Å²) in [5.41, 5.74) is 3.54. The summed E-state index contributed by atoms with van der Waals surface area (Å²) in [5.74, 6) is 0.153. The van der Waals surface area contributed by atoms with E-state index in [0.717, 1.165) is 18.5 Å². The monoisotopic (exact) mass is 259 g/mol. The lowest BCUT2D eigenvalue weighted by Gasteiger charge is -2.27. The number of halogens is 1. The van der Waals surface area contributed by atoms with Crippen LogP contribution < -0.4 is 5.32 Å². The molecule has 18 heavy (non-hydrogen) atoms. The molecule has 0 aromatic heterocycles. The molecule has 0 bridgehead atoms. The van der Waals surface area contributed by atoms with Crippen LogP contribution in [-0.2, 0) is 6.42 Å². The molecule has 92 valence electrons. The van der Waals surface area contributed by atoms with Crippen LogP contribution in [0.4, 0.5) is 0 Å². The molecule has 0 amide bonds. The summed E-state index contributed by atoms with van der Waals surface area (Å²) in [6.45, 7) is 0.924. The van der Waals surface area contributed by atoms with E-state index in [-0.39, 0.29) is 11.8 Å². The van der Waals surface area contributed by atoms with Gasteiger partial charge in [0.25, 0.3) is 0 Å². The second-order valence-corrected chi connectivity index (χ2v) is 4.96. The fraction of sp³-hybridized carbons (Fsp3) is 0.200. The van der Waals surface area contributed by atoms with Crippen LogP contribution in [-0.4, -0.2) is 11.7 Å². The molecule has 3 heteroatoms. The minimum absolute atomic E-state index is 0.137. The highest BCUT2D eigenvalue weighted by molar-refractivity contribution is 6.32. The van der Waals surface area contributed by atoms with Gasteiger partial charge in [-0.1, -0.05) is 41.9 Å². The van der Waals surface area contributed by atoms with Gasteiger partial charge < -0.3 is 10.4 Å². The van der Waals surface area contributed by atoms with E-state index in [9.17, 15) is 5.11 Å². The van der Waals surface area contributed by atoms with Gasteiger partial charge in [0.2, 0.25) is 0 Å². The molecule has 0 aliphatic carbocycles. The van der Waals surface area contributed by atoms with Crippen molar-refractivity contribution in [2.75, 3.05) is 6.54 Å². The third-order valence-corrected chi connectivity index (χ3v) is 3.70. The van der Waals surface area contributed by atoms with Gasteiger partial charge in [-0.3, -0.25) is 0 Å². The fourth-order valence-corrected chi connectivity index (χ4v) is 2.69. The Morgan fingerprint density at radius 1 is 1.17 bits per heavy atom. The summed E-state index contributed by atoms with van der Waals surface area (Å²) in [6.07, 6.45) is 0.943. The van der Waals surface area contributed by atoms with Gasteiger partial charge in [0.1, 0.15) is 5.75 Å². The highest BCUT2D eigenvalue weighted by Crippen LogP contribution is 2.35. The lowest BCUT2D eigenvalue weighted by molar-refractivity contribution is 0.471. The summed E-state index contributed by atoms with van der Waals surface area (Å²) in [5, 5.41) is 13.7. The van der Waals surface area contributed by atoms with Crippen LogP contribution in [0, 0.1) is 0 Å². The second kappa shape index (κ2) is 4.63. The van der Waals surface area contributed by atoms with E-state index in [2.05, 4.69) is 17.4 Å². The normalized spacial score (nSPS) is 18.4. The first-order chi connectivity index (χ1) is 8.75. The second-order valence-electron chi connectivity index (χ2n) is 4.55. The number of hydrogen-bond acceptors (Lipinski definition) is 2. The van der Waals surface area contributed by atoms with Gasteiger partial charge in [-0.25, -0.2) is 0 Å². The zero-order valence-electron chi connectivity index (χ0n) is 9.86. The Morgan fingerprint density at radius 2 is 1.94 bits per heavy atom. The summed E-state index contributed by atoms with van der Waals surface area (Å²) in [6, 6.07) is 14.0. The molecule has 2 N–H and O–H groups in total. The topological polar surface area (TPSA) is 32.3 Å². The van der Waals surface area contributed by atoms with Crippen LogP contribution in [0.5, 0.6) is 5.75 Å². The van der Waals surface area contributed by atoms with Crippen molar-refractivity contribution in [3.05, 3.63) is 64.2 Å². The fourth-order valence-electron chi connectivity index (χ4n) is 2.51. The number of rotatable bonds is 1. The van der Waals surface area contributed by atoms with Crippen LogP contribution in [0.15, 0.2) is 42.5 Å². The largest absolute Gasteiger partial charge is 0.506 e. The highest BCUT2D eigenvalue weighted by atomic mass is 35.5. The molecule has 0 fully saturated rings. The first-order valence-corrected chi connectivity index (χ1v) is 6.43. The number of phenolic OH excluding ortho intramolecular Hbond substituents is 1. The quantitative estimate of drug-likeness (QED) is 0.824. The molecule has 2 aromatic rings. The summed E-state index contributed by atoms with van der Waals surface area (Å²) in [7, 11) is 0. The molecule has 0 unspecified atom stereocenters. The first-order valence-electron chi connectivity index (χ1n) is 6.05. The van der Waals surface area contributed by atoms with Gasteiger partial charge in [0.05, 0.1) is 11.1 Å². The predicted molar refractivity (Wildman–Crippen MR) is 73.1 cm³/mol. The molecule has 1 aliphatic rings. The van der Waals surface area contributed by atoms with Crippen LogP contribution in [0.3, 0.4) is 0 Å². The number of aromatic hydroxyl groups is 1. The van der Waals surface area contributed by atoms with E-state index in [1.54, 1.807) is 6.07 Å². The van der Waals surface area contributed by atoms with Crippen molar-refractivity contribution < 1.29 is 5.11 Å². The van der Waals surface area contributed by atoms with Crippen molar-refractivity contribution in [2.45, 2.75) is 12.5 Å². The maximum Gasteiger partial charge on any atom is 0.134 e. The number of nitrogens with one attached hydrogen (secondary N) is 1. The van der Waals surface area contributed by atoms with E-state index in [1.807, 2.05) is 24.3 Å². The van der Waals surface area contributed by atoms with Crippen LogP contribution in [0.25, 0.3) is 0 Å². The molecular formula is C15H14ClNO. The Hall–Kier alpha value is -1.51. The van der Waals surface area contributed by atoms with E-state index < -0.39 is 0 Å². The van der Waals surface area contributed by atoms with Gasteiger partial charge in [-0.15, -0.1) is 0 Å². The Kier molecular flexibility index (Phi) is 2.98. The van der Waals surface area contributed by atoms with E-state index in [4.69, 9.17) is 11.6 Å². The Labute approximate surface area is 111 Å².